The molecule has 170 valence electrons. The van der Waals surface area contributed by atoms with Crippen LogP contribution in [0.3, 0.4) is 0 Å². The molecule has 33 heavy (non-hydrogen) atoms. The number of ether oxygens (including phenoxy) is 1. The predicted octanol–water partition coefficient (Wildman–Crippen LogP) is 5.52. The molecule has 0 fully saturated rings. The van der Waals surface area contributed by atoms with Crippen LogP contribution in [0.15, 0.2) is 53.0 Å². The summed E-state index contributed by atoms with van der Waals surface area (Å²) in [5, 5.41) is 15.0. The monoisotopic (exact) mass is 499 g/mol. The van der Waals surface area contributed by atoms with E-state index in [0.29, 0.717) is 27.7 Å². The second kappa shape index (κ2) is 10.4. The number of halogens is 1. The average Bonchev–Trinajstić information content (AvgIpc) is 3.39. The van der Waals surface area contributed by atoms with Gasteiger partial charge >= 0.3 is 0 Å². The van der Waals surface area contributed by atoms with Crippen LogP contribution in [0.2, 0.25) is 5.02 Å². The Morgan fingerprint density at radius 2 is 1.97 bits per heavy atom. The number of hydrogen-bond acceptors (Lipinski definition) is 7. The lowest BCUT2D eigenvalue weighted by Gasteiger charge is -2.09. The standard InChI is InChI=1S/C23H22ClN5O2S2/c1-14-4-9-19(15(2)10-14)31-11-20-27-28-23(29(20)3)33-13-21(30)26-22-25-18(12-32-22)16-5-7-17(24)8-6-16/h4-10,12H,11,13H2,1-3H3,(H,25,26,30). The minimum Gasteiger partial charge on any atom is -0.485 e. The minimum absolute atomic E-state index is 0.159. The SMILES string of the molecule is Cc1ccc(OCc2nnc(SCC(=O)Nc3nc(-c4ccc(Cl)cc4)cs3)n2C)c(C)c1. The maximum Gasteiger partial charge on any atom is 0.236 e. The molecular weight excluding hydrogens is 478 g/mol. The summed E-state index contributed by atoms with van der Waals surface area (Å²) in [4.78, 5) is 16.9. The maximum absolute atomic E-state index is 12.4. The molecule has 2 aromatic heterocycles. The van der Waals surface area contributed by atoms with Crippen LogP contribution in [-0.4, -0.2) is 31.4 Å². The fourth-order valence-electron chi connectivity index (χ4n) is 3.07. The van der Waals surface area contributed by atoms with Gasteiger partial charge in [-0.2, -0.15) is 0 Å². The molecule has 1 amide bonds. The number of nitrogens with one attached hydrogen (secondary N) is 1. The van der Waals surface area contributed by atoms with E-state index in [-0.39, 0.29) is 11.7 Å². The number of hydrogen-bond donors (Lipinski definition) is 1. The number of carbonyl (C=O) groups excluding carboxylic acids is 1. The molecule has 0 bridgehead atoms. The van der Waals surface area contributed by atoms with Gasteiger partial charge in [-0.1, -0.05) is 53.2 Å². The number of carbonyl (C=O) groups is 1. The van der Waals surface area contributed by atoms with Gasteiger partial charge in [0.25, 0.3) is 0 Å². The number of aryl methyl sites for hydroxylation is 2. The first-order chi connectivity index (χ1) is 15.9. The molecule has 4 rings (SSSR count). The van der Waals surface area contributed by atoms with E-state index in [4.69, 9.17) is 16.3 Å². The van der Waals surface area contributed by atoms with Gasteiger partial charge < -0.3 is 14.6 Å². The third kappa shape index (κ3) is 5.93. The van der Waals surface area contributed by atoms with Crippen molar-refractivity contribution in [2.45, 2.75) is 25.6 Å². The van der Waals surface area contributed by atoms with Crippen molar-refractivity contribution in [1.82, 2.24) is 19.7 Å². The van der Waals surface area contributed by atoms with E-state index in [1.165, 1.54) is 28.7 Å². The number of thioether (sulfide) groups is 1. The lowest BCUT2D eigenvalue weighted by atomic mass is 10.1. The summed E-state index contributed by atoms with van der Waals surface area (Å²) < 4.78 is 7.73. The summed E-state index contributed by atoms with van der Waals surface area (Å²) >= 11 is 8.62. The highest BCUT2D eigenvalue weighted by molar-refractivity contribution is 7.99. The van der Waals surface area contributed by atoms with Gasteiger partial charge in [0.15, 0.2) is 16.1 Å². The van der Waals surface area contributed by atoms with Gasteiger partial charge in [0.05, 0.1) is 11.4 Å². The van der Waals surface area contributed by atoms with Crippen molar-refractivity contribution in [2.75, 3.05) is 11.1 Å². The van der Waals surface area contributed by atoms with Crippen LogP contribution in [0.25, 0.3) is 11.3 Å². The first-order valence-corrected chi connectivity index (χ1v) is 12.4. The number of amides is 1. The number of aromatic nitrogens is 4. The van der Waals surface area contributed by atoms with E-state index in [2.05, 4.69) is 26.6 Å². The summed E-state index contributed by atoms with van der Waals surface area (Å²) in [6, 6.07) is 13.5. The number of nitrogens with zero attached hydrogens (tertiary/aromatic N) is 4. The molecule has 0 aliphatic rings. The topological polar surface area (TPSA) is 81.9 Å². The van der Waals surface area contributed by atoms with Crippen molar-refractivity contribution in [2.24, 2.45) is 7.05 Å². The quantitative estimate of drug-likeness (QED) is 0.321. The smallest absolute Gasteiger partial charge is 0.236 e. The lowest BCUT2D eigenvalue weighted by molar-refractivity contribution is -0.113. The van der Waals surface area contributed by atoms with Crippen molar-refractivity contribution in [3.8, 4) is 17.0 Å². The van der Waals surface area contributed by atoms with E-state index in [1.54, 1.807) is 0 Å². The third-order valence-electron chi connectivity index (χ3n) is 4.84. The summed E-state index contributed by atoms with van der Waals surface area (Å²) in [5.41, 5.74) is 4.00. The Bertz CT molecular complexity index is 1270. The molecule has 10 heteroatoms. The highest BCUT2D eigenvalue weighted by Crippen LogP contribution is 2.26. The number of rotatable bonds is 8. The molecule has 0 saturated carbocycles. The molecule has 0 aliphatic heterocycles. The third-order valence-corrected chi connectivity index (χ3v) is 6.87. The fourth-order valence-corrected chi connectivity index (χ4v) is 4.66. The Hall–Kier alpha value is -2.88. The molecular formula is C23H22ClN5O2S2. The first-order valence-electron chi connectivity index (χ1n) is 10.1. The maximum atomic E-state index is 12.4. The second-order valence-corrected chi connectivity index (χ2v) is 9.63. The number of anilines is 1. The van der Waals surface area contributed by atoms with Gasteiger partial charge in [0.1, 0.15) is 12.4 Å². The summed E-state index contributed by atoms with van der Waals surface area (Å²) in [6.07, 6.45) is 0. The van der Waals surface area contributed by atoms with Crippen LogP contribution in [0.1, 0.15) is 17.0 Å². The van der Waals surface area contributed by atoms with Gasteiger partial charge in [-0.05, 0) is 37.6 Å². The zero-order valence-corrected chi connectivity index (χ0v) is 20.7. The summed E-state index contributed by atoms with van der Waals surface area (Å²) in [5.74, 6) is 1.54. The van der Waals surface area contributed by atoms with Crippen molar-refractivity contribution < 1.29 is 9.53 Å². The Morgan fingerprint density at radius 1 is 1.18 bits per heavy atom. The van der Waals surface area contributed by atoms with E-state index < -0.39 is 0 Å². The van der Waals surface area contributed by atoms with Gasteiger partial charge in [-0.3, -0.25) is 4.79 Å². The Kier molecular flexibility index (Phi) is 7.32. The molecule has 2 heterocycles. The van der Waals surface area contributed by atoms with E-state index in [0.717, 1.165) is 22.6 Å². The van der Waals surface area contributed by atoms with Crippen LogP contribution < -0.4 is 10.1 Å². The molecule has 0 unspecified atom stereocenters. The predicted molar refractivity (Wildman–Crippen MR) is 133 cm³/mol. The molecule has 0 atom stereocenters. The zero-order valence-electron chi connectivity index (χ0n) is 18.3. The number of benzene rings is 2. The second-order valence-electron chi connectivity index (χ2n) is 7.40. The van der Waals surface area contributed by atoms with Crippen LogP contribution in [0.4, 0.5) is 5.13 Å². The molecule has 4 aromatic rings. The highest BCUT2D eigenvalue weighted by Gasteiger charge is 2.14. The fraction of sp³-hybridized carbons (Fsp3) is 0.217. The van der Waals surface area contributed by atoms with Crippen molar-refractivity contribution in [1.29, 1.82) is 0 Å². The van der Waals surface area contributed by atoms with Gasteiger partial charge in [-0.15, -0.1) is 21.5 Å². The lowest BCUT2D eigenvalue weighted by Crippen LogP contribution is -2.14. The molecule has 2 aromatic carbocycles. The van der Waals surface area contributed by atoms with Crippen molar-refractivity contribution in [3.63, 3.8) is 0 Å². The minimum atomic E-state index is -0.159. The van der Waals surface area contributed by atoms with E-state index >= 15 is 0 Å². The zero-order chi connectivity index (χ0) is 23.4. The van der Waals surface area contributed by atoms with Gasteiger partial charge in [0, 0.05) is 23.0 Å². The summed E-state index contributed by atoms with van der Waals surface area (Å²) in [6.45, 7) is 4.36. The Labute approximate surface area is 205 Å². The summed E-state index contributed by atoms with van der Waals surface area (Å²) in [7, 11) is 1.86. The average molecular weight is 500 g/mol. The van der Waals surface area contributed by atoms with Crippen molar-refractivity contribution >= 4 is 45.7 Å². The Morgan fingerprint density at radius 3 is 2.73 bits per heavy atom. The molecule has 1 N–H and O–H groups in total. The molecule has 0 spiro atoms. The molecule has 0 saturated heterocycles. The largest absolute Gasteiger partial charge is 0.485 e. The normalized spacial score (nSPS) is 10.9. The van der Waals surface area contributed by atoms with Crippen molar-refractivity contribution in [3.05, 3.63) is 69.8 Å². The van der Waals surface area contributed by atoms with E-state index in [1.807, 2.05) is 67.2 Å². The molecule has 0 radical (unpaired) electrons. The molecule has 0 aliphatic carbocycles. The van der Waals surface area contributed by atoms with Gasteiger partial charge in [0.2, 0.25) is 5.91 Å². The van der Waals surface area contributed by atoms with E-state index in [9.17, 15) is 4.79 Å². The van der Waals surface area contributed by atoms with Crippen LogP contribution in [-0.2, 0) is 18.4 Å². The Balaban J connectivity index is 1.30. The highest BCUT2D eigenvalue weighted by atomic mass is 35.5. The van der Waals surface area contributed by atoms with Gasteiger partial charge in [-0.25, -0.2) is 4.98 Å². The first kappa shape index (κ1) is 23.3. The van der Waals surface area contributed by atoms with Crippen LogP contribution in [0, 0.1) is 13.8 Å². The van der Waals surface area contributed by atoms with Crippen LogP contribution in [0.5, 0.6) is 5.75 Å². The number of thiazole rings is 1. The van der Waals surface area contributed by atoms with Crippen LogP contribution >= 0.6 is 34.7 Å². The molecule has 7 nitrogen and oxygen atoms in total.